The van der Waals surface area contributed by atoms with Crippen molar-refractivity contribution in [1.29, 1.82) is 0 Å². The number of carbonyl (C=O) groups excluding carboxylic acids is 2. The Morgan fingerprint density at radius 1 is 0.594 bits per heavy atom. The Morgan fingerprint density at radius 3 is 1.31 bits per heavy atom. The quantitative estimate of drug-likeness (QED) is 0.277. The topological polar surface area (TPSA) is 89.5 Å². The number of fused-ring (bicyclic) bond motifs is 1. The van der Waals surface area contributed by atoms with E-state index in [1.54, 1.807) is 24.3 Å². The van der Waals surface area contributed by atoms with Gasteiger partial charge in [0, 0.05) is 10.8 Å². The van der Waals surface area contributed by atoms with E-state index in [2.05, 4.69) is 0 Å². The Hall–Kier alpha value is -3.16. The molecule has 0 heterocycles. The highest BCUT2D eigenvalue weighted by molar-refractivity contribution is 6.00. The average Bonchev–Trinajstić information content (AvgIpc) is 2.80. The van der Waals surface area contributed by atoms with E-state index < -0.39 is 12.3 Å². The second-order valence-corrected chi connectivity index (χ2v) is 6.96. The first-order valence-electron chi connectivity index (χ1n) is 11.1. The number of ether oxygens (including phenoxy) is 6. The van der Waals surface area contributed by atoms with Gasteiger partial charge in [0.05, 0.1) is 26.4 Å². The van der Waals surface area contributed by atoms with Crippen LogP contribution in [0.5, 0.6) is 23.0 Å². The highest BCUT2D eigenvalue weighted by Gasteiger charge is 2.28. The summed E-state index contributed by atoms with van der Waals surface area (Å²) in [5.41, 5.74) is 0. The molecule has 0 N–H and O–H groups in total. The molecular formula is C24H32O8. The molecule has 2 aromatic rings. The summed E-state index contributed by atoms with van der Waals surface area (Å²) in [6.07, 6.45) is 1.02. The lowest BCUT2D eigenvalue weighted by atomic mass is 10.1. The van der Waals surface area contributed by atoms with Crippen LogP contribution in [0.25, 0.3) is 10.8 Å². The van der Waals surface area contributed by atoms with Gasteiger partial charge in [-0.3, -0.25) is 0 Å². The molecule has 176 valence electrons. The van der Waals surface area contributed by atoms with Crippen molar-refractivity contribution in [3.05, 3.63) is 24.3 Å². The normalized spacial score (nSPS) is 10.5. The van der Waals surface area contributed by atoms with Crippen LogP contribution < -0.4 is 18.9 Å². The Balaban J connectivity index is 2.67. The van der Waals surface area contributed by atoms with Gasteiger partial charge >= 0.3 is 12.3 Å². The molecule has 0 spiro atoms. The molecular weight excluding hydrogens is 416 g/mol. The Bertz CT molecular complexity index is 821. The van der Waals surface area contributed by atoms with Crippen molar-refractivity contribution in [3.63, 3.8) is 0 Å². The van der Waals surface area contributed by atoms with Crippen LogP contribution in [0.3, 0.4) is 0 Å². The van der Waals surface area contributed by atoms with Gasteiger partial charge in [-0.15, -0.1) is 0 Å². The summed E-state index contributed by atoms with van der Waals surface area (Å²) in [7, 11) is 0. The predicted molar refractivity (Wildman–Crippen MR) is 120 cm³/mol. The number of rotatable bonds is 12. The van der Waals surface area contributed by atoms with Gasteiger partial charge < -0.3 is 28.4 Å². The molecule has 32 heavy (non-hydrogen) atoms. The van der Waals surface area contributed by atoms with Crippen LogP contribution in [0.15, 0.2) is 24.3 Å². The van der Waals surface area contributed by atoms with E-state index in [4.69, 9.17) is 28.4 Å². The Labute approximate surface area is 188 Å². The van der Waals surface area contributed by atoms with Crippen molar-refractivity contribution in [3.8, 4) is 23.0 Å². The third-order valence-corrected chi connectivity index (χ3v) is 4.15. The maximum Gasteiger partial charge on any atom is 0.513 e. The standard InChI is InChI=1S/C24H32O8/c1-5-13-27-21-19(31-23(25)29-15-7-3)17-11-9-10-12-18(17)20(22(21)28-14-6-2)32-24(26)30-16-8-4/h9-12H,5-8,13-16H2,1-4H3. The molecule has 8 heteroatoms. The number of hydrogen-bond acceptors (Lipinski definition) is 8. The van der Waals surface area contributed by atoms with Gasteiger partial charge in [0.15, 0.2) is 11.5 Å². The molecule has 0 unspecified atom stereocenters. The summed E-state index contributed by atoms with van der Waals surface area (Å²) in [5, 5.41) is 1.02. The lowest BCUT2D eigenvalue weighted by Crippen LogP contribution is -2.15. The zero-order valence-corrected chi connectivity index (χ0v) is 19.2. The molecule has 0 radical (unpaired) electrons. The molecule has 2 aromatic carbocycles. The molecule has 0 amide bonds. The zero-order chi connectivity index (χ0) is 23.3. The van der Waals surface area contributed by atoms with Crippen molar-refractivity contribution < 1.29 is 38.0 Å². The smallest absolute Gasteiger partial charge is 0.486 e. The fourth-order valence-electron chi connectivity index (χ4n) is 2.80. The minimum atomic E-state index is -0.851. The fraction of sp³-hybridized carbons (Fsp3) is 0.500. The molecule has 0 aliphatic rings. The van der Waals surface area contributed by atoms with Gasteiger partial charge in [-0.2, -0.15) is 0 Å². The summed E-state index contributed by atoms with van der Waals surface area (Å²) in [6.45, 7) is 8.79. The molecule has 8 nitrogen and oxygen atoms in total. The summed E-state index contributed by atoms with van der Waals surface area (Å²) < 4.78 is 33.2. The lowest BCUT2D eigenvalue weighted by molar-refractivity contribution is 0.0948. The van der Waals surface area contributed by atoms with Crippen LogP contribution >= 0.6 is 0 Å². The molecule has 0 aromatic heterocycles. The maximum absolute atomic E-state index is 12.3. The maximum atomic E-state index is 12.3. The van der Waals surface area contributed by atoms with Crippen molar-refractivity contribution in [1.82, 2.24) is 0 Å². The first-order valence-corrected chi connectivity index (χ1v) is 11.1. The molecule has 2 rings (SSSR count). The van der Waals surface area contributed by atoms with Crippen LogP contribution in [-0.2, 0) is 9.47 Å². The van der Waals surface area contributed by atoms with Crippen LogP contribution in [0.2, 0.25) is 0 Å². The van der Waals surface area contributed by atoms with Gasteiger partial charge in [0.1, 0.15) is 0 Å². The second-order valence-electron chi connectivity index (χ2n) is 6.96. The van der Waals surface area contributed by atoms with Crippen molar-refractivity contribution in [2.24, 2.45) is 0 Å². The largest absolute Gasteiger partial charge is 0.513 e. The van der Waals surface area contributed by atoms with Gasteiger partial charge in [0.25, 0.3) is 0 Å². The Kier molecular flexibility index (Phi) is 10.4. The third-order valence-electron chi connectivity index (χ3n) is 4.15. The fourth-order valence-corrected chi connectivity index (χ4v) is 2.80. The summed E-state index contributed by atoms with van der Waals surface area (Å²) >= 11 is 0. The van der Waals surface area contributed by atoms with Crippen molar-refractivity contribution in [2.45, 2.75) is 53.4 Å². The van der Waals surface area contributed by atoms with E-state index in [1.807, 2.05) is 27.7 Å². The highest BCUT2D eigenvalue weighted by atomic mass is 16.7. The van der Waals surface area contributed by atoms with Crippen molar-refractivity contribution in [2.75, 3.05) is 26.4 Å². The van der Waals surface area contributed by atoms with Gasteiger partial charge in [-0.05, 0) is 25.7 Å². The van der Waals surface area contributed by atoms with E-state index in [0.717, 1.165) is 0 Å². The van der Waals surface area contributed by atoms with E-state index >= 15 is 0 Å². The van der Waals surface area contributed by atoms with Crippen LogP contribution in [-0.4, -0.2) is 38.7 Å². The number of carbonyl (C=O) groups is 2. The number of hydrogen-bond donors (Lipinski definition) is 0. The van der Waals surface area contributed by atoms with E-state index in [-0.39, 0.29) is 36.2 Å². The SMILES string of the molecule is CCCOC(=O)Oc1c(OCCC)c(OCCC)c(OC(=O)OCCC)c2ccccc12. The second kappa shape index (κ2) is 13.3. The minimum absolute atomic E-state index is 0.149. The molecule has 0 fully saturated rings. The minimum Gasteiger partial charge on any atom is -0.486 e. The third kappa shape index (κ3) is 6.67. The first kappa shape index (κ1) is 25.1. The molecule has 0 bridgehead atoms. The van der Waals surface area contributed by atoms with Crippen LogP contribution in [0, 0.1) is 0 Å². The van der Waals surface area contributed by atoms with E-state index in [0.29, 0.717) is 49.7 Å². The summed E-state index contributed by atoms with van der Waals surface area (Å²) in [6, 6.07) is 7.04. The number of benzene rings is 2. The molecule has 0 saturated carbocycles. The van der Waals surface area contributed by atoms with Crippen molar-refractivity contribution >= 4 is 23.1 Å². The molecule has 0 aliphatic heterocycles. The predicted octanol–water partition coefficient (Wildman–Crippen LogP) is 6.27. The summed E-state index contributed by atoms with van der Waals surface area (Å²) in [4.78, 5) is 24.6. The monoisotopic (exact) mass is 448 g/mol. The van der Waals surface area contributed by atoms with Gasteiger partial charge in [-0.1, -0.05) is 52.0 Å². The molecule has 0 atom stereocenters. The van der Waals surface area contributed by atoms with Crippen LogP contribution in [0.1, 0.15) is 53.4 Å². The Morgan fingerprint density at radius 2 is 0.969 bits per heavy atom. The van der Waals surface area contributed by atoms with Crippen LogP contribution in [0.4, 0.5) is 9.59 Å². The van der Waals surface area contributed by atoms with E-state index in [1.165, 1.54) is 0 Å². The summed E-state index contributed by atoms with van der Waals surface area (Å²) in [5.74, 6) is 0.641. The zero-order valence-electron chi connectivity index (χ0n) is 19.2. The van der Waals surface area contributed by atoms with E-state index in [9.17, 15) is 9.59 Å². The molecule has 0 saturated heterocycles. The lowest BCUT2D eigenvalue weighted by Gasteiger charge is -2.21. The highest BCUT2D eigenvalue weighted by Crippen LogP contribution is 2.51. The van der Waals surface area contributed by atoms with Gasteiger partial charge in [-0.25, -0.2) is 9.59 Å². The average molecular weight is 449 g/mol. The molecule has 0 aliphatic carbocycles. The van der Waals surface area contributed by atoms with Gasteiger partial charge in [0.2, 0.25) is 11.5 Å². The first-order chi connectivity index (χ1) is 15.6.